The number of fused-ring (bicyclic) bond motifs is 2. The summed E-state index contributed by atoms with van der Waals surface area (Å²) < 4.78 is 22.2. The average Bonchev–Trinajstić information content (AvgIpc) is 3.59. The van der Waals surface area contributed by atoms with Gasteiger partial charge >= 0.3 is 0 Å². The summed E-state index contributed by atoms with van der Waals surface area (Å²) in [5.74, 6) is 0.104. The minimum absolute atomic E-state index is 0.157. The van der Waals surface area contributed by atoms with Gasteiger partial charge in [0, 0.05) is 43.6 Å². The number of hydrogen-bond acceptors (Lipinski definition) is 6. The van der Waals surface area contributed by atoms with Crippen LogP contribution in [0, 0.1) is 5.82 Å². The third-order valence-corrected chi connectivity index (χ3v) is 9.34. The molecule has 47 heavy (non-hydrogen) atoms. The minimum atomic E-state index is -0.625. The smallest absolute Gasteiger partial charge is 0.271 e. The van der Waals surface area contributed by atoms with Gasteiger partial charge in [-0.05, 0) is 103 Å². The van der Waals surface area contributed by atoms with Crippen molar-refractivity contribution in [2.45, 2.75) is 44.6 Å². The molecule has 0 spiro atoms. The summed E-state index contributed by atoms with van der Waals surface area (Å²) in [7, 11) is 1.88. The van der Waals surface area contributed by atoms with E-state index in [4.69, 9.17) is 10.5 Å². The molecule has 0 radical (unpaired) electrons. The number of carbonyl (C=O) groups is 2. The number of halogens is 1. The molecule has 5 aromatic rings. The summed E-state index contributed by atoms with van der Waals surface area (Å²) in [6, 6.07) is 19.0. The number of nitrogens with zero attached hydrogens (tertiary/aromatic N) is 4. The first-order valence-electron chi connectivity index (χ1n) is 15.8. The first-order valence-corrected chi connectivity index (χ1v) is 15.8. The fourth-order valence-electron chi connectivity index (χ4n) is 7.03. The number of piperidine rings is 1. The first kappa shape index (κ1) is 30.2. The normalized spacial score (nSPS) is 17.6. The highest BCUT2D eigenvalue weighted by Crippen LogP contribution is 2.41. The largest absolute Gasteiger partial charge is 0.493 e. The summed E-state index contributed by atoms with van der Waals surface area (Å²) in [5.41, 5.74) is 10.5. The van der Waals surface area contributed by atoms with Crippen molar-refractivity contribution in [3.8, 4) is 22.6 Å². The van der Waals surface area contributed by atoms with E-state index in [0.29, 0.717) is 29.5 Å². The van der Waals surface area contributed by atoms with E-state index in [2.05, 4.69) is 22.5 Å². The molecule has 0 bridgehead atoms. The molecule has 2 atom stereocenters. The zero-order chi connectivity index (χ0) is 32.8. The monoisotopic (exact) mass is 634 g/mol. The maximum atomic E-state index is 13.5. The third kappa shape index (κ3) is 5.51. The molecule has 2 fully saturated rings. The van der Waals surface area contributed by atoms with Crippen LogP contribution in [0.4, 0.5) is 15.9 Å². The van der Waals surface area contributed by atoms with Gasteiger partial charge in [-0.25, -0.2) is 4.39 Å². The van der Waals surface area contributed by atoms with Gasteiger partial charge in [-0.2, -0.15) is 5.10 Å². The summed E-state index contributed by atoms with van der Waals surface area (Å²) in [6.07, 6.45) is 4.87. The summed E-state index contributed by atoms with van der Waals surface area (Å²) >= 11 is 0. The molecule has 4 heterocycles. The molecular weight excluding hydrogens is 599 g/mol. The van der Waals surface area contributed by atoms with Crippen molar-refractivity contribution in [2.75, 3.05) is 24.2 Å². The van der Waals surface area contributed by atoms with E-state index < -0.39 is 17.3 Å². The molecule has 10 nitrogen and oxygen atoms in total. The second-order valence-electron chi connectivity index (χ2n) is 12.1. The first-order chi connectivity index (χ1) is 22.7. The Bertz CT molecular complexity index is 2070. The molecule has 3 N–H and O–H groups in total. The van der Waals surface area contributed by atoms with E-state index in [-0.39, 0.29) is 29.9 Å². The number of benzene rings is 3. The molecule has 11 heteroatoms. The molecule has 2 amide bonds. The van der Waals surface area contributed by atoms with Gasteiger partial charge in [-0.1, -0.05) is 12.1 Å². The fraction of sp³-hybridized carbons (Fsp3) is 0.278. The second kappa shape index (κ2) is 12.1. The quantitative estimate of drug-likeness (QED) is 0.239. The Morgan fingerprint density at radius 2 is 1.83 bits per heavy atom. The number of aromatic nitrogens is 3. The fourth-order valence-corrected chi connectivity index (χ4v) is 7.03. The van der Waals surface area contributed by atoms with Gasteiger partial charge in [-0.3, -0.25) is 23.6 Å². The highest BCUT2D eigenvalue weighted by molar-refractivity contribution is 6.06. The molecule has 0 unspecified atom stereocenters. The van der Waals surface area contributed by atoms with Crippen LogP contribution in [0.15, 0.2) is 77.7 Å². The standard InChI is InChI=1S/C36H35FN6O4/c1-3-47-30-15-17-43(26-10-6-24(37)7-11-26)36(46)33(30)35(45)39-25-8-4-21(5-9-25)28-19-23(20-29-32(28)34(38)40-41(29)2)22-14-16-42-27(18-22)12-13-31(42)44/h4-11,15,17,19-20,22,27H,3,12-14,16,18H2,1-2H3,(H2,38,40)(H,39,45)/t22-,27+/m0/s1. The van der Waals surface area contributed by atoms with Crippen LogP contribution in [0.1, 0.15) is 54.4 Å². The van der Waals surface area contributed by atoms with Gasteiger partial charge in [0.15, 0.2) is 5.82 Å². The summed E-state index contributed by atoms with van der Waals surface area (Å²) in [4.78, 5) is 41.4. The molecule has 3 aromatic carbocycles. The molecule has 2 saturated heterocycles. The van der Waals surface area contributed by atoms with E-state index in [1.54, 1.807) is 29.8 Å². The molecule has 7 rings (SSSR count). The number of carbonyl (C=O) groups excluding carboxylic acids is 2. The van der Waals surface area contributed by atoms with Crippen LogP contribution in [0.5, 0.6) is 5.75 Å². The highest BCUT2D eigenvalue weighted by Gasteiger charge is 2.37. The number of anilines is 2. The number of ether oxygens (including phenoxy) is 1. The predicted molar refractivity (Wildman–Crippen MR) is 178 cm³/mol. The second-order valence-corrected chi connectivity index (χ2v) is 12.1. The number of nitrogens with two attached hydrogens (primary N) is 1. The van der Waals surface area contributed by atoms with Crippen molar-refractivity contribution in [3.63, 3.8) is 0 Å². The minimum Gasteiger partial charge on any atom is -0.493 e. The van der Waals surface area contributed by atoms with Crippen molar-refractivity contribution >= 4 is 34.2 Å². The zero-order valence-electron chi connectivity index (χ0n) is 26.2. The Morgan fingerprint density at radius 3 is 2.57 bits per heavy atom. The van der Waals surface area contributed by atoms with Crippen LogP contribution in [-0.2, 0) is 11.8 Å². The van der Waals surface area contributed by atoms with E-state index in [0.717, 1.165) is 47.8 Å². The number of amides is 2. The Balaban J connectivity index is 1.19. The van der Waals surface area contributed by atoms with Crippen LogP contribution in [0.3, 0.4) is 0 Å². The van der Waals surface area contributed by atoms with Crippen LogP contribution in [0.25, 0.3) is 27.7 Å². The molecule has 0 saturated carbocycles. The van der Waals surface area contributed by atoms with Gasteiger partial charge in [0.25, 0.3) is 11.5 Å². The van der Waals surface area contributed by atoms with Gasteiger partial charge in [-0.15, -0.1) is 0 Å². The van der Waals surface area contributed by atoms with Gasteiger partial charge < -0.3 is 20.7 Å². The van der Waals surface area contributed by atoms with Crippen molar-refractivity contribution in [2.24, 2.45) is 7.05 Å². The number of hydrogen-bond donors (Lipinski definition) is 2. The molecule has 2 aliphatic rings. The van der Waals surface area contributed by atoms with Crippen molar-refractivity contribution in [1.82, 2.24) is 19.2 Å². The maximum Gasteiger partial charge on any atom is 0.271 e. The molecular formula is C36H35FN6O4. The van der Waals surface area contributed by atoms with Crippen molar-refractivity contribution < 1.29 is 18.7 Å². The number of nitrogen functional groups attached to an aromatic ring is 1. The maximum absolute atomic E-state index is 13.5. The lowest BCUT2D eigenvalue weighted by atomic mass is 9.83. The van der Waals surface area contributed by atoms with Crippen molar-refractivity contribution in [1.29, 1.82) is 0 Å². The van der Waals surface area contributed by atoms with E-state index >= 15 is 0 Å². The zero-order valence-corrected chi connectivity index (χ0v) is 26.2. The Hall–Kier alpha value is -5.45. The Morgan fingerprint density at radius 1 is 1.06 bits per heavy atom. The lowest BCUT2D eigenvalue weighted by molar-refractivity contribution is -0.129. The Kier molecular flexibility index (Phi) is 7.75. The number of pyridine rings is 1. The van der Waals surface area contributed by atoms with E-state index in [1.165, 1.54) is 40.6 Å². The van der Waals surface area contributed by atoms with Crippen LogP contribution < -0.4 is 21.3 Å². The molecule has 2 aliphatic heterocycles. The van der Waals surface area contributed by atoms with E-state index in [9.17, 15) is 18.8 Å². The highest BCUT2D eigenvalue weighted by atomic mass is 19.1. The average molecular weight is 635 g/mol. The van der Waals surface area contributed by atoms with Crippen LogP contribution in [-0.4, -0.2) is 50.3 Å². The summed E-state index contributed by atoms with van der Waals surface area (Å²) in [6.45, 7) is 2.80. The topological polar surface area (TPSA) is 124 Å². The molecule has 240 valence electrons. The number of aryl methyl sites for hydroxylation is 1. The Labute approximate surface area is 270 Å². The SMILES string of the molecule is CCOc1ccn(-c2ccc(F)cc2)c(=O)c1C(=O)Nc1ccc(-c2cc([C@H]3CCN4C(=O)CC[C@@H]4C3)cc3c2c(N)nn3C)cc1. The number of nitrogens with one attached hydrogen (secondary N) is 1. The number of rotatable bonds is 7. The molecule has 0 aliphatic carbocycles. The third-order valence-electron chi connectivity index (χ3n) is 9.34. The summed E-state index contributed by atoms with van der Waals surface area (Å²) in [5, 5.41) is 8.20. The van der Waals surface area contributed by atoms with Gasteiger partial charge in [0.05, 0.1) is 17.5 Å². The lowest BCUT2D eigenvalue weighted by Crippen LogP contribution is -2.39. The van der Waals surface area contributed by atoms with Gasteiger partial charge in [0.1, 0.15) is 17.1 Å². The van der Waals surface area contributed by atoms with Crippen LogP contribution in [0.2, 0.25) is 0 Å². The van der Waals surface area contributed by atoms with Gasteiger partial charge in [0.2, 0.25) is 5.91 Å². The predicted octanol–water partition coefficient (Wildman–Crippen LogP) is 5.63. The van der Waals surface area contributed by atoms with Crippen molar-refractivity contribution in [3.05, 3.63) is 100 Å². The molecule has 2 aromatic heterocycles. The lowest BCUT2D eigenvalue weighted by Gasteiger charge is -2.35. The van der Waals surface area contributed by atoms with Crippen LogP contribution >= 0.6 is 0 Å². The van der Waals surface area contributed by atoms with E-state index in [1.807, 2.05) is 24.1 Å².